The Morgan fingerprint density at radius 3 is 2.89 bits per heavy atom. The van der Waals surface area contributed by atoms with Crippen LogP contribution in [0.15, 0.2) is 24.3 Å². The van der Waals surface area contributed by atoms with E-state index in [1.165, 1.54) is 0 Å². The normalized spacial score (nSPS) is 13.1. The van der Waals surface area contributed by atoms with Crippen molar-refractivity contribution >= 4 is 10.9 Å². The molecule has 0 bridgehead atoms. The zero-order chi connectivity index (χ0) is 13.8. The summed E-state index contributed by atoms with van der Waals surface area (Å²) in [7, 11) is 0. The van der Waals surface area contributed by atoms with Gasteiger partial charge < -0.3 is 20.1 Å². The summed E-state index contributed by atoms with van der Waals surface area (Å²) >= 11 is 0. The fourth-order valence-corrected chi connectivity index (χ4v) is 2.01. The first-order chi connectivity index (χ1) is 9.06. The maximum atomic E-state index is 9.84. The number of ether oxygens (including phenoxy) is 1. The van der Waals surface area contributed by atoms with E-state index in [4.69, 9.17) is 4.74 Å². The molecule has 4 heteroatoms. The zero-order valence-corrected chi connectivity index (χ0v) is 11.7. The molecule has 0 aliphatic heterocycles. The fraction of sp³-hybridized carbons (Fsp3) is 0.467. The third-order valence-corrected chi connectivity index (χ3v) is 2.95. The number of H-pyrrole nitrogens is 1. The van der Waals surface area contributed by atoms with Crippen LogP contribution < -0.4 is 10.1 Å². The average molecular weight is 262 g/mol. The maximum Gasteiger partial charge on any atom is 0.143 e. The van der Waals surface area contributed by atoms with Gasteiger partial charge in [0.05, 0.1) is 5.52 Å². The van der Waals surface area contributed by atoms with E-state index in [1.54, 1.807) is 0 Å². The third-order valence-electron chi connectivity index (χ3n) is 2.95. The minimum Gasteiger partial charge on any atom is -0.489 e. The summed E-state index contributed by atoms with van der Waals surface area (Å²) in [5.41, 5.74) is 2.09. The quantitative estimate of drug-likeness (QED) is 0.748. The number of benzene rings is 1. The summed E-state index contributed by atoms with van der Waals surface area (Å²) in [4.78, 5) is 3.28. The number of rotatable bonds is 6. The maximum absolute atomic E-state index is 9.84. The van der Waals surface area contributed by atoms with Gasteiger partial charge in [0.25, 0.3) is 0 Å². The van der Waals surface area contributed by atoms with Crippen LogP contribution in [-0.4, -0.2) is 35.4 Å². The zero-order valence-electron chi connectivity index (χ0n) is 11.7. The van der Waals surface area contributed by atoms with Crippen LogP contribution in [0.1, 0.15) is 19.5 Å². The van der Waals surface area contributed by atoms with Crippen molar-refractivity contribution in [2.75, 3.05) is 13.2 Å². The molecule has 1 aromatic carbocycles. The minimum atomic E-state index is -0.506. The van der Waals surface area contributed by atoms with Gasteiger partial charge in [-0.25, -0.2) is 0 Å². The van der Waals surface area contributed by atoms with Crippen molar-refractivity contribution in [2.24, 2.45) is 0 Å². The van der Waals surface area contributed by atoms with Crippen LogP contribution in [-0.2, 0) is 0 Å². The molecule has 0 fully saturated rings. The van der Waals surface area contributed by atoms with Crippen LogP contribution in [0.4, 0.5) is 0 Å². The van der Waals surface area contributed by atoms with Crippen LogP contribution in [0.25, 0.3) is 10.9 Å². The molecule has 2 aromatic rings. The van der Waals surface area contributed by atoms with Gasteiger partial charge in [-0.05, 0) is 19.1 Å². The van der Waals surface area contributed by atoms with Crippen LogP contribution in [0.2, 0.25) is 0 Å². The Hall–Kier alpha value is -1.52. The van der Waals surface area contributed by atoms with Gasteiger partial charge in [0.2, 0.25) is 0 Å². The van der Waals surface area contributed by atoms with Crippen LogP contribution in [0.5, 0.6) is 5.75 Å². The molecule has 0 saturated carbocycles. The Morgan fingerprint density at radius 1 is 1.37 bits per heavy atom. The summed E-state index contributed by atoms with van der Waals surface area (Å²) in [6, 6.07) is 8.37. The number of hydrogen-bond donors (Lipinski definition) is 3. The van der Waals surface area contributed by atoms with Crippen molar-refractivity contribution < 1.29 is 9.84 Å². The monoisotopic (exact) mass is 262 g/mol. The molecule has 0 radical (unpaired) electrons. The Morgan fingerprint density at radius 2 is 2.16 bits per heavy atom. The van der Waals surface area contributed by atoms with E-state index >= 15 is 0 Å². The molecular formula is C15H22N2O2. The van der Waals surface area contributed by atoms with Crippen molar-refractivity contribution in [1.29, 1.82) is 0 Å². The Balaban J connectivity index is 1.97. The van der Waals surface area contributed by atoms with Crippen molar-refractivity contribution in [2.45, 2.75) is 32.9 Å². The predicted octanol–water partition coefficient (Wildman–Crippen LogP) is 2.21. The fourth-order valence-electron chi connectivity index (χ4n) is 2.01. The Labute approximate surface area is 113 Å². The second-order valence-electron chi connectivity index (χ2n) is 5.20. The Bertz CT molecular complexity index is 534. The van der Waals surface area contributed by atoms with E-state index in [-0.39, 0.29) is 6.61 Å². The number of nitrogens with one attached hydrogen (secondary N) is 2. The number of aromatic amines is 1. The standard InChI is InChI=1S/C15H22N2O2/c1-10(2)16-8-13(18)9-19-14-6-4-5-12-7-11(3)17-15(12)14/h4-7,10,13,16-18H,8-9H2,1-3H3. The third kappa shape index (κ3) is 3.72. The molecule has 3 N–H and O–H groups in total. The van der Waals surface area contributed by atoms with E-state index in [0.29, 0.717) is 12.6 Å². The molecular weight excluding hydrogens is 240 g/mol. The summed E-state index contributed by atoms with van der Waals surface area (Å²) < 4.78 is 5.71. The van der Waals surface area contributed by atoms with Gasteiger partial charge in [0, 0.05) is 23.7 Å². The molecule has 1 unspecified atom stereocenters. The SMILES string of the molecule is Cc1cc2cccc(OCC(O)CNC(C)C)c2[nH]1. The number of aryl methyl sites for hydroxylation is 1. The first kappa shape index (κ1) is 13.9. The van der Waals surface area contributed by atoms with Gasteiger partial charge in [-0.2, -0.15) is 0 Å². The summed E-state index contributed by atoms with van der Waals surface area (Å²) in [5, 5.41) is 14.2. The van der Waals surface area contributed by atoms with Gasteiger partial charge in [-0.1, -0.05) is 26.0 Å². The molecule has 0 amide bonds. The van der Waals surface area contributed by atoms with Gasteiger partial charge in [0.15, 0.2) is 0 Å². The van der Waals surface area contributed by atoms with Crippen LogP contribution in [0.3, 0.4) is 0 Å². The lowest BCUT2D eigenvalue weighted by molar-refractivity contribution is 0.105. The first-order valence-electron chi connectivity index (χ1n) is 6.69. The van der Waals surface area contributed by atoms with Crippen molar-refractivity contribution in [3.8, 4) is 5.75 Å². The van der Waals surface area contributed by atoms with E-state index in [0.717, 1.165) is 22.3 Å². The highest BCUT2D eigenvalue weighted by Crippen LogP contribution is 2.25. The van der Waals surface area contributed by atoms with Gasteiger partial charge >= 0.3 is 0 Å². The number of fused-ring (bicyclic) bond motifs is 1. The lowest BCUT2D eigenvalue weighted by Crippen LogP contribution is -2.35. The minimum absolute atomic E-state index is 0.289. The van der Waals surface area contributed by atoms with E-state index in [1.807, 2.05) is 25.1 Å². The molecule has 1 atom stereocenters. The molecule has 0 aliphatic rings. The molecule has 104 valence electrons. The number of hydrogen-bond acceptors (Lipinski definition) is 3. The number of aliphatic hydroxyl groups is 1. The summed E-state index contributed by atoms with van der Waals surface area (Å²) in [6.45, 7) is 6.95. The molecule has 0 spiro atoms. The average Bonchev–Trinajstić information content (AvgIpc) is 2.74. The van der Waals surface area contributed by atoms with Gasteiger partial charge in [-0.15, -0.1) is 0 Å². The highest BCUT2D eigenvalue weighted by Gasteiger charge is 2.09. The summed E-state index contributed by atoms with van der Waals surface area (Å²) in [6.07, 6.45) is -0.506. The second-order valence-corrected chi connectivity index (χ2v) is 5.20. The number of para-hydroxylation sites is 1. The van der Waals surface area contributed by atoms with Crippen molar-refractivity contribution in [1.82, 2.24) is 10.3 Å². The molecule has 1 heterocycles. The highest BCUT2D eigenvalue weighted by atomic mass is 16.5. The van der Waals surface area contributed by atoms with Crippen LogP contribution >= 0.6 is 0 Å². The highest BCUT2D eigenvalue weighted by molar-refractivity contribution is 5.86. The molecule has 2 rings (SSSR count). The van der Waals surface area contributed by atoms with Crippen LogP contribution in [0, 0.1) is 6.92 Å². The van der Waals surface area contributed by atoms with Crippen molar-refractivity contribution in [3.05, 3.63) is 30.0 Å². The molecule has 0 saturated heterocycles. The van der Waals surface area contributed by atoms with E-state index < -0.39 is 6.10 Å². The molecule has 0 aliphatic carbocycles. The van der Waals surface area contributed by atoms with E-state index in [9.17, 15) is 5.11 Å². The second kappa shape index (κ2) is 6.08. The predicted molar refractivity (Wildman–Crippen MR) is 77.7 cm³/mol. The summed E-state index contributed by atoms with van der Waals surface area (Å²) in [5.74, 6) is 0.786. The Kier molecular flexibility index (Phi) is 4.45. The van der Waals surface area contributed by atoms with Gasteiger partial charge in [-0.3, -0.25) is 0 Å². The first-order valence-corrected chi connectivity index (χ1v) is 6.69. The molecule has 1 aromatic heterocycles. The largest absolute Gasteiger partial charge is 0.489 e. The number of aromatic nitrogens is 1. The van der Waals surface area contributed by atoms with Gasteiger partial charge in [0.1, 0.15) is 18.5 Å². The van der Waals surface area contributed by atoms with Crippen molar-refractivity contribution in [3.63, 3.8) is 0 Å². The lowest BCUT2D eigenvalue weighted by Gasteiger charge is -2.15. The lowest BCUT2D eigenvalue weighted by atomic mass is 10.2. The number of aliphatic hydroxyl groups excluding tert-OH is 1. The smallest absolute Gasteiger partial charge is 0.143 e. The topological polar surface area (TPSA) is 57.3 Å². The molecule has 4 nitrogen and oxygen atoms in total. The van der Waals surface area contributed by atoms with E-state index in [2.05, 4.69) is 30.2 Å². The molecule has 19 heavy (non-hydrogen) atoms.